The molecule has 1 fully saturated rings. The Morgan fingerprint density at radius 3 is 2.90 bits per heavy atom. The average molecular weight is 430 g/mol. The molecular formula is C20H23N5O4S. The molecule has 10 heteroatoms. The SMILES string of the molecule is Cc1nc(OCCNC(=O)CSc2nc3ccccc3o2)cc(N2CCOCC2)n1. The van der Waals surface area contributed by atoms with E-state index in [1.807, 2.05) is 37.3 Å². The Hall–Kier alpha value is -2.85. The van der Waals surface area contributed by atoms with Crippen LogP contribution >= 0.6 is 11.8 Å². The molecule has 1 aliphatic heterocycles. The summed E-state index contributed by atoms with van der Waals surface area (Å²) in [5.41, 5.74) is 1.50. The van der Waals surface area contributed by atoms with Gasteiger partial charge < -0.3 is 24.1 Å². The van der Waals surface area contributed by atoms with E-state index in [-0.39, 0.29) is 11.7 Å². The van der Waals surface area contributed by atoms with Crippen molar-refractivity contribution in [3.8, 4) is 5.88 Å². The highest BCUT2D eigenvalue weighted by molar-refractivity contribution is 7.99. The standard InChI is InChI=1S/C20H23N5O4S/c1-14-22-17(25-7-10-27-11-8-25)12-19(23-14)28-9-6-21-18(26)13-30-20-24-15-4-2-3-5-16(15)29-20/h2-5,12H,6-11,13H2,1H3,(H,21,26). The predicted octanol–water partition coefficient (Wildman–Crippen LogP) is 2.05. The summed E-state index contributed by atoms with van der Waals surface area (Å²) in [5, 5.41) is 3.31. The van der Waals surface area contributed by atoms with Crippen molar-refractivity contribution >= 4 is 34.6 Å². The van der Waals surface area contributed by atoms with Gasteiger partial charge >= 0.3 is 0 Å². The Morgan fingerprint density at radius 1 is 1.23 bits per heavy atom. The number of anilines is 1. The lowest BCUT2D eigenvalue weighted by molar-refractivity contribution is -0.118. The normalized spacial score (nSPS) is 14.1. The number of para-hydroxylation sites is 2. The number of aromatic nitrogens is 3. The van der Waals surface area contributed by atoms with E-state index in [0.29, 0.717) is 48.9 Å². The van der Waals surface area contributed by atoms with Gasteiger partial charge in [0.1, 0.15) is 23.8 Å². The number of amides is 1. The van der Waals surface area contributed by atoms with Crippen molar-refractivity contribution in [2.75, 3.05) is 50.1 Å². The van der Waals surface area contributed by atoms with Gasteiger partial charge in [0.15, 0.2) is 5.58 Å². The number of nitrogens with one attached hydrogen (secondary N) is 1. The smallest absolute Gasteiger partial charge is 0.257 e. The zero-order valence-electron chi connectivity index (χ0n) is 16.7. The van der Waals surface area contributed by atoms with Crippen LogP contribution in [0.4, 0.5) is 5.82 Å². The molecule has 2 aromatic heterocycles. The molecular weight excluding hydrogens is 406 g/mol. The lowest BCUT2D eigenvalue weighted by Crippen LogP contribution is -2.37. The van der Waals surface area contributed by atoms with Gasteiger partial charge in [0, 0.05) is 19.2 Å². The number of benzene rings is 1. The number of nitrogens with zero attached hydrogens (tertiary/aromatic N) is 4. The number of oxazole rings is 1. The summed E-state index contributed by atoms with van der Waals surface area (Å²) in [5.74, 6) is 2.09. The predicted molar refractivity (Wildman–Crippen MR) is 113 cm³/mol. The van der Waals surface area contributed by atoms with Gasteiger partial charge in [-0.2, -0.15) is 4.98 Å². The van der Waals surface area contributed by atoms with Gasteiger partial charge in [0.25, 0.3) is 5.22 Å². The molecule has 0 radical (unpaired) electrons. The molecule has 3 aromatic rings. The number of thioether (sulfide) groups is 1. The summed E-state index contributed by atoms with van der Waals surface area (Å²) >= 11 is 1.26. The van der Waals surface area contributed by atoms with E-state index in [1.165, 1.54) is 11.8 Å². The summed E-state index contributed by atoms with van der Waals surface area (Å²) in [6, 6.07) is 9.33. The van der Waals surface area contributed by atoms with Crippen molar-refractivity contribution in [1.29, 1.82) is 0 Å². The molecule has 0 atom stereocenters. The number of aryl methyl sites for hydroxylation is 1. The average Bonchev–Trinajstić information content (AvgIpc) is 3.19. The van der Waals surface area contributed by atoms with Crippen LogP contribution in [-0.4, -0.2) is 66.1 Å². The van der Waals surface area contributed by atoms with Gasteiger partial charge in [-0.15, -0.1) is 0 Å². The van der Waals surface area contributed by atoms with Crippen LogP contribution in [0.25, 0.3) is 11.1 Å². The highest BCUT2D eigenvalue weighted by Crippen LogP contribution is 2.23. The first-order valence-electron chi connectivity index (χ1n) is 9.73. The highest BCUT2D eigenvalue weighted by Gasteiger charge is 2.15. The van der Waals surface area contributed by atoms with Crippen LogP contribution in [-0.2, 0) is 9.53 Å². The van der Waals surface area contributed by atoms with Gasteiger partial charge in [-0.3, -0.25) is 4.79 Å². The van der Waals surface area contributed by atoms with Crippen molar-refractivity contribution in [2.24, 2.45) is 0 Å². The molecule has 0 bridgehead atoms. The van der Waals surface area contributed by atoms with Crippen LogP contribution in [0.15, 0.2) is 40.0 Å². The van der Waals surface area contributed by atoms with Gasteiger partial charge in [0.2, 0.25) is 11.8 Å². The number of carbonyl (C=O) groups excluding carboxylic acids is 1. The zero-order chi connectivity index (χ0) is 20.8. The minimum absolute atomic E-state index is 0.112. The third-order valence-electron chi connectivity index (χ3n) is 4.41. The van der Waals surface area contributed by atoms with Crippen LogP contribution in [0.5, 0.6) is 5.88 Å². The number of ether oxygens (including phenoxy) is 2. The molecule has 0 spiro atoms. The maximum absolute atomic E-state index is 12.1. The maximum atomic E-state index is 12.1. The van der Waals surface area contributed by atoms with Crippen molar-refractivity contribution in [2.45, 2.75) is 12.1 Å². The largest absolute Gasteiger partial charge is 0.476 e. The Balaban J connectivity index is 1.20. The van der Waals surface area contributed by atoms with Gasteiger partial charge in [-0.1, -0.05) is 23.9 Å². The summed E-state index contributed by atoms with van der Waals surface area (Å²) < 4.78 is 16.7. The van der Waals surface area contributed by atoms with Crippen LogP contribution in [0.2, 0.25) is 0 Å². The second kappa shape index (κ2) is 9.77. The Labute approximate surface area is 178 Å². The third kappa shape index (κ3) is 5.39. The molecule has 9 nitrogen and oxygen atoms in total. The third-order valence-corrected chi connectivity index (χ3v) is 5.24. The van der Waals surface area contributed by atoms with Gasteiger partial charge in [-0.25, -0.2) is 9.97 Å². The molecule has 4 rings (SSSR count). The van der Waals surface area contributed by atoms with E-state index in [4.69, 9.17) is 13.9 Å². The zero-order valence-corrected chi connectivity index (χ0v) is 17.5. The Bertz CT molecular complexity index is 973. The van der Waals surface area contributed by atoms with Crippen LogP contribution in [0, 0.1) is 6.92 Å². The van der Waals surface area contributed by atoms with Crippen LogP contribution in [0.1, 0.15) is 5.82 Å². The van der Waals surface area contributed by atoms with Crippen molar-refractivity contribution in [3.05, 3.63) is 36.2 Å². The van der Waals surface area contributed by atoms with Crippen molar-refractivity contribution in [3.63, 3.8) is 0 Å². The second-order valence-corrected chi connectivity index (χ2v) is 7.57. The van der Waals surface area contributed by atoms with E-state index >= 15 is 0 Å². The molecule has 0 aliphatic carbocycles. The summed E-state index contributed by atoms with van der Waals surface area (Å²) in [7, 11) is 0. The van der Waals surface area contributed by atoms with E-state index < -0.39 is 0 Å². The van der Waals surface area contributed by atoms with Crippen molar-refractivity contribution in [1.82, 2.24) is 20.3 Å². The minimum atomic E-state index is -0.112. The number of rotatable bonds is 8. The molecule has 1 amide bonds. The topological polar surface area (TPSA) is 103 Å². The molecule has 1 N–H and O–H groups in total. The fourth-order valence-corrected chi connectivity index (χ4v) is 3.66. The second-order valence-electron chi connectivity index (χ2n) is 6.65. The van der Waals surface area contributed by atoms with Crippen LogP contribution < -0.4 is 15.0 Å². The van der Waals surface area contributed by atoms with E-state index in [2.05, 4.69) is 25.2 Å². The van der Waals surface area contributed by atoms with Crippen LogP contribution in [0.3, 0.4) is 0 Å². The number of fused-ring (bicyclic) bond motifs is 1. The Kier molecular flexibility index (Phi) is 6.65. The monoisotopic (exact) mass is 429 g/mol. The number of hydrogen-bond acceptors (Lipinski definition) is 9. The molecule has 0 saturated carbocycles. The maximum Gasteiger partial charge on any atom is 0.257 e. The molecule has 3 heterocycles. The number of carbonyl (C=O) groups is 1. The Morgan fingerprint density at radius 2 is 2.07 bits per heavy atom. The molecule has 0 unspecified atom stereocenters. The summed E-state index contributed by atoms with van der Waals surface area (Å²) in [6.45, 7) is 5.50. The lowest BCUT2D eigenvalue weighted by atomic mass is 10.3. The fraction of sp³-hybridized carbons (Fsp3) is 0.400. The minimum Gasteiger partial charge on any atom is -0.476 e. The summed E-state index contributed by atoms with van der Waals surface area (Å²) in [4.78, 5) is 27.3. The quantitative estimate of drug-likeness (QED) is 0.426. The molecule has 1 aromatic carbocycles. The van der Waals surface area contributed by atoms with E-state index in [1.54, 1.807) is 0 Å². The molecule has 30 heavy (non-hydrogen) atoms. The molecule has 1 aliphatic rings. The molecule has 1 saturated heterocycles. The first-order valence-corrected chi connectivity index (χ1v) is 10.7. The van der Waals surface area contributed by atoms with E-state index in [0.717, 1.165) is 24.4 Å². The first-order chi connectivity index (χ1) is 14.7. The van der Waals surface area contributed by atoms with Crippen molar-refractivity contribution < 1.29 is 18.7 Å². The van der Waals surface area contributed by atoms with E-state index in [9.17, 15) is 4.79 Å². The highest BCUT2D eigenvalue weighted by atomic mass is 32.2. The van der Waals surface area contributed by atoms with Gasteiger partial charge in [-0.05, 0) is 19.1 Å². The lowest BCUT2D eigenvalue weighted by Gasteiger charge is -2.28. The van der Waals surface area contributed by atoms with Gasteiger partial charge in [0.05, 0.1) is 25.5 Å². The number of morpholine rings is 1. The fourth-order valence-electron chi connectivity index (χ4n) is 2.99. The first kappa shape index (κ1) is 20.4. The number of hydrogen-bond donors (Lipinski definition) is 1. The molecule has 158 valence electrons. The summed E-state index contributed by atoms with van der Waals surface area (Å²) in [6.07, 6.45) is 0.